The lowest BCUT2D eigenvalue weighted by atomic mass is 10.1. The summed E-state index contributed by atoms with van der Waals surface area (Å²) >= 11 is 0. The van der Waals surface area contributed by atoms with Gasteiger partial charge in [-0.1, -0.05) is 30.3 Å². The summed E-state index contributed by atoms with van der Waals surface area (Å²) in [6.07, 6.45) is -0.246. The van der Waals surface area contributed by atoms with Crippen LogP contribution in [0.5, 0.6) is 0 Å². The molecule has 4 heteroatoms. The molecule has 0 heterocycles. The molecule has 1 aromatic rings. The van der Waals surface area contributed by atoms with Gasteiger partial charge in [0.15, 0.2) is 0 Å². The first-order valence-corrected chi connectivity index (χ1v) is 5.97. The van der Waals surface area contributed by atoms with E-state index >= 15 is 0 Å². The second kappa shape index (κ2) is 6.40. The van der Waals surface area contributed by atoms with Crippen molar-refractivity contribution in [3.05, 3.63) is 35.9 Å². The number of nitrogens with one attached hydrogen (secondary N) is 1. The van der Waals surface area contributed by atoms with Crippen LogP contribution in [0.3, 0.4) is 0 Å². The van der Waals surface area contributed by atoms with E-state index < -0.39 is 11.7 Å². The molecule has 0 saturated heterocycles. The number of methoxy groups -OCH3 is 1. The summed E-state index contributed by atoms with van der Waals surface area (Å²) in [7, 11) is 1.56. The fraction of sp³-hybridized carbons (Fsp3) is 0.500. The third kappa shape index (κ3) is 5.68. The lowest BCUT2D eigenvalue weighted by Gasteiger charge is -2.23. The molecule has 0 bridgehead atoms. The molecular formula is C14H21NO3. The molecule has 0 radical (unpaired) electrons. The normalized spacial score (nSPS) is 12.9. The predicted molar refractivity (Wildman–Crippen MR) is 70.3 cm³/mol. The number of amides is 1. The summed E-state index contributed by atoms with van der Waals surface area (Å²) < 4.78 is 10.4. The van der Waals surface area contributed by atoms with Crippen molar-refractivity contribution in [3.63, 3.8) is 0 Å². The predicted octanol–water partition coefficient (Wildman–Crippen LogP) is 2.73. The second-order valence-corrected chi connectivity index (χ2v) is 5.06. The zero-order valence-corrected chi connectivity index (χ0v) is 11.4. The minimum atomic E-state index is -0.505. The van der Waals surface area contributed by atoms with Crippen LogP contribution in [-0.2, 0) is 15.9 Å². The van der Waals surface area contributed by atoms with Gasteiger partial charge in [-0.3, -0.25) is 5.32 Å². The van der Waals surface area contributed by atoms with Crippen LogP contribution >= 0.6 is 0 Å². The van der Waals surface area contributed by atoms with Crippen LogP contribution in [0.4, 0.5) is 4.79 Å². The van der Waals surface area contributed by atoms with Gasteiger partial charge in [0.05, 0.1) is 0 Å². The minimum Gasteiger partial charge on any atom is -0.444 e. The van der Waals surface area contributed by atoms with Crippen molar-refractivity contribution in [2.45, 2.75) is 39.0 Å². The largest absolute Gasteiger partial charge is 0.444 e. The Labute approximate surface area is 108 Å². The number of rotatable bonds is 4. The molecule has 0 aromatic heterocycles. The van der Waals surface area contributed by atoms with Crippen molar-refractivity contribution < 1.29 is 14.3 Å². The number of carbonyl (C=O) groups excluding carboxylic acids is 1. The summed E-state index contributed by atoms with van der Waals surface area (Å²) in [5, 5.41) is 2.69. The van der Waals surface area contributed by atoms with E-state index in [0.29, 0.717) is 6.42 Å². The lowest BCUT2D eigenvalue weighted by Crippen LogP contribution is -2.41. The number of alkyl carbamates (subject to hydrolysis) is 1. The Bertz CT molecular complexity index is 370. The van der Waals surface area contributed by atoms with Crippen LogP contribution in [0, 0.1) is 0 Å². The lowest BCUT2D eigenvalue weighted by molar-refractivity contribution is 0.0240. The molecule has 1 N–H and O–H groups in total. The van der Waals surface area contributed by atoms with E-state index in [0.717, 1.165) is 5.56 Å². The number of benzene rings is 1. The highest BCUT2D eigenvalue weighted by atomic mass is 16.6. The summed E-state index contributed by atoms with van der Waals surface area (Å²) in [6.45, 7) is 5.47. The van der Waals surface area contributed by atoms with Gasteiger partial charge >= 0.3 is 6.09 Å². The molecular weight excluding hydrogens is 230 g/mol. The number of hydrogen-bond donors (Lipinski definition) is 1. The minimum absolute atomic E-state index is 0.387. The zero-order chi connectivity index (χ0) is 13.6. The van der Waals surface area contributed by atoms with Gasteiger partial charge in [-0.2, -0.15) is 0 Å². The van der Waals surface area contributed by atoms with Crippen LogP contribution in [0.2, 0.25) is 0 Å². The summed E-state index contributed by atoms with van der Waals surface area (Å²) in [4.78, 5) is 11.6. The third-order valence-corrected chi connectivity index (χ3v) is 2.23. The Kier molecular flexibility index (Phi) is 5.16. The van der Waals surface area contributed by atoms with Crippen molar-refractivity contribution >= 4 is 6.09 Å². The molecule has 1 rings (SSSR count). The van der Waals surface area contributed by atoms with Gasteiger partial charge in [0.25, 0.3) is 0 Å². The van der Waals surface area contributed by atoms with Gasteiger partial charge in [0, 0.05) is 13.5 Å². The van der Waals surface area contributed by atoms with Crippen LogP contribution < -0.4 is 5.32 Å². The molecule has 1 aromatic carbocycles. The van der Waals surface area contributed by atoms with Crippen molar-refractivity contribution in [1.82, 2.24) is 5.32 Å². The fourth-order valence-corrected chi connectivity index (χ4v) is 1.46. The Morgan fingerprint density at radius 2 is 1.89 bits per heavy atom. The molecule has 18 heavy (non-hydrogen) atoms. The SMILES string of the molecule is COC(Cc1ccccc1)NC(=O)OC(C)(C)C. The Hall–Kier alpha value is -1.55. The Morgan fingerprint density at radius 1 is 1.28 bits per heavy atom. The summed E-state index contributed by atoms with van der Waals surface area (Å²) in [5.41, 5.74) is 0.593. The van der Waals surface area contributed by atoms with E-state index in [1.54, 1.807) is 7.11 Å². The number of ether oxygens (including phenoxy) is 2. The monoisotopic (exact) mass is 251 g/mol. The summed E-state index contributed by atoms with van der Waals surface area (Å²) in [6, 6.07) is 9.84. The molecule has 1 unspecified atom stereocenters. The maximum Gasteiger partial charge on any atom is 0.409 e. The third-order valence-electron chi connectivity index (χ3n) is 2.23. The first-order valence-electron chi connectivity index (χ1n) is 5.97. The Morgan fingerprint density at radius 3 is 2.39 bits per heavy atom. The first kappa shape index (κ1) is 14.5. The maximum atomic E-state index is 11.6. The second-order valence-electron chi connectivity index (χ2n) is 5.06. The molecule has 100 valence electrons. The molecule has 1 atom stereocenters. The van der Waals surface area contributed by atoms with Crippen LogP contribution in [0.1, 0.15) is 26.3 Å². The number of hydrogen-bond acceptors (Lipinski definition) is 3. The first-order chi connectivity index (χ1) is 8.40. The van der Waals surface area contributed by atoms with Gasteiger partial charge in [-0.15, -0.1) is 0 Å². The highest BCUT2D eigenvalue weighted by molar-refractivity contribution is 5.67. The standard InChI is InChI=1S/C14H21NO3/c1-14(2,3)18-13(16)15-12(17-4)10-11-8-6-5-7-9-11/h5-9,12H,10H2,1-4H3,(H,15,16). The van der Waals surface area contributed by atoms with Gasteiger partial charge < -0.3 is 9.47 Å². The molecule has 0 aliphatic heterocycles. The molecule has 0 fully saturated rings. The van der Waals surface area contributed by atoms with Gasteiger partial charge in [-0.25, -0.2) is 4.79 Å². The zero-order valence-electron chi connectivity index (χ0n) is 11.4. The molecule has 4 nitrogen and oxygen atoms in total. The van der Waals surface area contributed by atoms with Crippen molar-refractivity contribution in [2.24, 2.45) is 0 Å². The van der Waals surface area contributed by atoms with E-state index in [1.807, 2.05) is 51.1 Å². The highest BCUT2D eigenvalue weighted by Crippen LogP contribution is 2.08. The van der Waals surface area contributed by atoms with Crippen molar-refractivity contribution in [1.29, 1.82) is 0 Å². The molecule has 0 saturated carbocycles. The molecule has 0 spiro atoms. The molecule has 1 amide bonds. The van der Waals surface area contributed by atoms with Crippen LogP contribution in [-0.4, -0.2) is 25.0 Å². The van der Waals surface area contributed by atoms with E-state index in [2.05, 4.69) is 5.32 Å². The van der Waals surface area contributed by atoms with E-state index in [9.17, 15) is 4.79 Å². The smallest absolute Gasteiger partial charge is 0.409 e. The number of carbonyl (C=O) groups is 1. The average Bonchev–Trinajstić information content (AvgIpc) is 2.27. The highest BCUT2D eigenvalue weighted by Gasteiger charge is 2.19. The topological polar surface area (TPSA) is 47.6 Å². The Balaban J connectivity index is 2.50. The maximum absolute atomic E-state index is 11.6. The van der Waals surface area contributed by atoms with E-state index in [4.69, 9.17) is 9.47 Å². The van der Waals surface area contributed by atoms with Gasteiger partial charge in [0.1, 0.15) is 11.8 Å². The fourth-order valence-electron chi connectivity index (χ4n) is 1.46. The van der Waals surface area contributed by atoms with Gasteiger partial charge in [0.2, 0.25) is 0 Å². The molecule has 0 aliphatic rings. The average molecular weight is 251 g/mol. The summed E-state index contributed by atoms with van der Waals surface area (Å²) in [5.74, 6) is 0. The molecule has 0 aliphatic carbocycles. The van der Waals surface area contributed by atoms with Crippen molar-refractivity contribution in [2.75, 3.05) is 7.11 Å². The van der Waals surface area contributed by atoms with Crippen molar-refractivity contribution in [3.8, 4) is 0 Å². The van der Waals surface area contributed by atoms with E-state index in [1.165, 1.54) is 0 Å². The van der Waals surface area contributed by atoms with E-state index in [-0.39, 0.29) is 6.23 Å². The quantitative estimate of drug-likeness (QED) is 0.837. The van der Waals surface area contributed by atoms with Gasteiger partial charge in [-0.05, 0) is 26.3 Å². The van der Waals surface area contributed by atoms with Crippen LogP contribution in [0.25, 0.3) is 0 Å². The van der Waals surface area contributed by atoms with Crippen LogP contribution in [0.15, 0.2) is 30.3 Å².